The van der Waals surface area contributed by atoms with Crippen molar-refractivity contribution < 1.29 is 9.53 Å². The van der Waals surface area contributed by atoms with Crippen LogP contribution in [0.25, 0.3) is 0 Å². The van der Waals surface area contributed by atoms with E-state index in [0.29, 0.717) is 12.3 Å². The molecule has 0 aliphatic carbocycles. The zero-order chi connectivity index (χ0) is 13.4. The summed E-state index contributed by atoms with van der Waals surface area (Å²) in [5, 5.41) is 2.94. The van der Waals surface area contributed by atoms with Crippen LogP contribution in [0.2, 0.25) is 0 Å². The first kappa shape index (κ1) is 14.5. The van der Waals surface area contributed by atoms with Gasteiger partial charge >= 0.3 is 6.09 Å². The highest BCUT2D eigenvalue weighted by Crippen LogP contribution is 2.19. The van der Waals surface area contributed by atoms with Gasteiger partial charge in [0.2, 0.25) is 0 Å². The van der Waals surface area contributed by atoms with E-state index < -0.39 is 6.09 Å². The molecule has 100 valence electrons. The van der Waals surface area contributed by atoms with Crippen LogP contribution < -0.4 is 15.8 Å². The molecule has 0 bridgehead atoms. The van der Waals surface area contributed by atoms with Crippen LogP contribution in [0, 0.1) is 0 Å². The molecule has 18 heavy (non-hydrogen) atoms. The van der Waals surface area contributed by atoms with E-state index in [1.165, 1.54) is 0 Å². The third-order valence-electron chi connectivity index (χ3n) is 3.30. The lowest BCUT2D eigenvalue weighted by molar-refractivity contribution is 0.177. The van der Waals surface area contributed by atoms with Crippen molar-refractivity contribution >= 4 is 6.09 Å². The van der Waals surface area contributed by atoms with Crippen molar-refractivity contribution in [2.24, 2.45) is 5.73 Å². The average Bonchev–Trinajstić information content (AvgIpc) is 2.39. The van der Waals surface area contributed by atoms with Gasteiger partial charge in [-0.2, -0.15) is 0 Å². The number of ether oxygens (including phenoxy) is 1. The number of carbonyl (C=O) groups excluding carboxylic acids is 1. The van der Waals surface area contributed by atoms with Gasteiger partial charge in [0.1, 0.15) is 5.75 Å². The molecule has 0 spiro atoms. The minimum atomic E-state index is -0.418. The van der Waals surface area contributed by atoms with Crippen molar-refractivity contribution in [3.8, 4) is 5.75 Å². The molecule has 0 saturated heterocycles. The number of nitrogens with two attached hydrogens (primary N) is 1. The molecule has 4 nitrogen and oxygen atoms in total. The molecule has 1 aromatic carbocycles. The molecule has 0 fully saturated rings. The van der Waals surface area contributed by atoms with Crippen LogP contribution in [0.1, 0.15) is 33.1 Å². The maximum absolute atomic E-state index is 11.8. The predicted octanol–water partition coefficient (Wildman–Crippen LogP) is 2.68. The fourth-order valence-electron chi connectivity index (χ4n) is 1.96. The molecule has 0 saturated carbocycles. The lowest BCUT2D eigenvalue weighted by atomic mass is 9.89. The Labute approximate surface area is 109 Å². The van der Waals surface area contributed by atoms with Gasteiger partial charge in [-0.05, 0) is 37.9 Å². The van der Waals surface area contributed by atoms with Crippen LogP contribution in [-0.2, 0) is 0 Å². The van der Waals surface area contributed by atoms with Crippen LogP contribution >= 0.6 is 0 Å². The summed E-state index contributed by atoms with van der Waals surface area (Å²) < 4.78 is 5.23. The molecular formula is C14H22N2O2. The van der Waals surface area contributed by atoms with Gasteiger partial charge in [0, 0.05) is 5.54 Å². The number of carbonyl (C=O) groups is 1. The molecule has 3 N–H and O–H groups in total. The molecule has 0 aliphatic heterocycles. The van der Waals surface area contributed by atoms with Gasteiger partial charge in [-0.3, -0.25) is 0 Å². The second kappa shape index (κ2) is 7.01. The first-order valence-corrected chi connectivity index (χ1v) is 6.41. The largest absolute Gasteiger partial charge is 0.413 e. The Hall–Kier alpha value is -1.55. The van der Waals surface area contributed by atoms with Crippen molar-refractivity contribution in [1.82, 2.24) is 5.32 Å². The summed E-state index contributed by atoms with van der Waals surface area (Å²) in [5.41, 5.74) is 5.34. The molecular weight excluding hydrogens is 228 g/mol. The van der Waals surface area contributed by atoms with E-state index in [2.05, 4.69) is 5.32 Å². The van der Waals surface area contributed by atoms with E-state index in [9.17, 15) is 4.79 Å². The smallest absolute Gasteiger partial charge is 0.410 e. The fraction of sp³-hybridized carbons (Fsp3) is 0.500. The van der Waals surface area contributed by atoms with Gasteiger partial charge in [-0.1, -0.05) is 32.0 Å². The van der Waals surface area contributed by atoms with Gasteiger partial charge in [0.25, 0.3) is 0 Å². The molecule has 0 atom stereocenters. The fourth-order valence-corrected chi connectivity index (χ4v) is 1.96. The lowest BCUT2D eigenvalue weighted by Gasteiger charge is -2.32. The second-order valence-corrected chi connectivity index (χ2v) is 4.35. The Morgan fingerprint density at radius 3 is 2.39 bits per heavy atom. The van der Waals surface area contributed by atoms with Crippen LogP contribution in [0.3, 0.4) is 0 Å². The molecule has 0 unspecified atom stereocenters. The zero-order valence-electron chi connectivity index (χ0n) is 11.1. The topological polar surface area (TPSA) is 64.3 Å². The van der Waals surface area contributed by atoms with Crippen molar-refractivity contribution in [1.29, 1.82) is 0 Å². The van der Waals surface area contributed by atoms with E-state index in [-0.39, 0.29) is 5.54 Å². The van der Waals surface area contributed by atoms with Crippen LogP contribution in [0.5, 0.6) is 5.75 Å². The standard InChI is InChI=1S/C14H22N2O2/c1-3-14(4-2,10-11-15)16-13(17)18-12-8-6-5-7-9-12/h5-9H,3-4,10-11,15H2,1-2H3,(H,16,17). The highest BCUT2D eigenvalue weighted by molar-refractivity contribution is 5.71. The molecule has 0 heterocycles. The first-order chi connectivity index (χ1) is 8.65. The number of nitrogens with one attached hydrogen (secondary N) is 1. The van der Waals surface area contributed by atoms with Crippen LogP contribution in [-0.4, -0.2) is 18.2 Å². The summed E-state index contributed by atoms with van der Waals surface area (Å²) in [6.07, 6.45) is 2.01. The van der Waals surface area contributed by atoms with E-state index in [1.807, 2.05) is 32.0 Å². The second-order valence-electron chi connectivity index (χ2n) is 4.35. The quantitative estimate of drug-likeness (QED) is 0.815. The SMILES string of the molecule is CCC(CC)(CCN)NC(=O)Oc1ccccc1. The molecule has 1 rings (SSSR count). The molecule has 0 aliphatic rings. The first-order valence-electron chi connectivity index (χ1n) is 6.41. The maximum Gasteiger partial charge on any atom is 0.413 e. The van der Waals surface area contributed by atoms with Crippen molar-refractivity contribution in [3.05, 3.63) is 30.3 Å². The monoisotopic (exact) mass is 250 g/mol. The van der Waals surface area contributed by atoms with E-state index in [1.54, 1.807) is 12.1 Å². The summed E-state index contributed by atoms with van der Waals surface area (Å²) in [5.74, 6) is 0.545. The van der Waals surface area contributed by atoms with Gasteiger partial charge < -0.3 is 15.8 Å². The molecule has 0 aromatic heterocycles. The number of para-hydroxylation sites is 1. The Bertz CT molecular complexity index is 361. The Kier molecular flexibility index (Phi) is 5.65. The maximum atomic E-state index is 11.8. The molecule has 1 aromatic rings. The van der Waals surface area contributed by atoms with E-state index in [4.69, 9.17) is 10.5 Å². The summed E-state index contributed by atoms with van der Waals surface area (Å²) in [6, 6.07) is 9.04. The van der Waals surface area contributed by atoms with Gasteiger partial charge in [0.05, 0.1) is 0 Å². The minimum absolute atomic E-state index is 0.263. The van der Waals surface area contributed by atoms with Crippen molar-refractivity contribution in [2.45, 2.75) is 38.6 Å². The third kappa shape index (κ3) is 4.04. The van der Waals surface area contributed by atoms with Crippen LogP contribution in [0.15, 0.2) is 30.3 Å². The van der Waals surface area contributed by atoms with Crippen molar-refractivity contribution in [3.63, 3.8) is 0 Å². The van der Waals surface area contributed by atoms with Crippen molar-refractivity contribution in [2.75, 3.05) is 6.54 Å². The molecule has 4 heteroatoms. The Morgan fingerprint density at radius 1 is 1.28 bits per heavy atom. The predicted molar refractivity (Wildman–Crippen MR) is 72.6 cm³/mol. The zero-order valence-corrected chi connectivity index (χ0v) is 11.1. The van der Waals surface area contributed by atoms with Crippen LogP contribution in [0.4, 0.5) is 4.79 Å². The Balaban J connectivity index is 2.62. The number of rotatable bonds is 6. The van der Waals surface area contributed by atoms with Gasteiger partial charge in [-0.15, -0.1) is 0 Å². The van der Waals surface area contributed by atoms with Gasteiger partial charge in [-0.25, -0.2) is 4.79 Å². The summed E-state index contributed by atoms with van der Waals surface area (Å²) in [4.78, 5) is 11.8. The lowest BCUT2D eigenvalue weighted by Crippen LogP contribution is -2.49. The minimum Gasteiger partial charge on any atom is -0.410 e. The molecule has 0 radical (unpaired) electrons. The number of benzene rings is 1. The number of hydrogen-bond donors (Lipinski definition) is 2. The van der Waals surface area contributed by atoms with Gasteiger partial charge in [0.15, 0.2) is 0 Å². The average molecular weight is 250 g/mol. The highest BCUT2D eigenvalue weighted by atomic mass is 16.6. The Morgan fingerprint density at radius 2 is 1.89 bits per heavy atom. The van der Waals surface area contributed by atoms with E-state index >= 15 is 0 Å². The summed E-state index contributed by atoms with van der Waals surface area (Å²) >= 11 is 0. The highest BCUT2D eigenvalue weighted by Gasteiger charge is 2.27. The number of amides is 1. The number of hydrogen-bond acceptors (Lipinski definition) is 3. The molecule has 1 amide bonds. The van der Waals surface area contributed by atoms with E-state index in [0.717, 1.165) is 19.3 Å². The normalized spacial score (nSPS) is 11.1. The third-order valence-corrected chi connectivity index (χ3v) is 3.30. The summed E-state index contributed by atoms with van der Waals surface area (Å²) in [7, 11) is 0. The summed E-state index contributed by atoms with van der Waals surface area (Å²) in [6.45, 7) is 4.64.